The van der Waals surface area contributed by atoms with Crippen molar-refractivity contribution in [3.8, 4) is 6.07 Å². The van der Waals surface area contributed by atoms with Gasteiger partial charge in [-0.05, 0) is 24.1 Å². The van der Waals surface area contributed by atoms with Crippen LogP contribution in [0.15, 0.2) is 18.2 Å². The molecule has 0 amide bonds. The third-order valence-electron chi connectivity index (χ3n) is 2.19. The molecule has 1 atom stereocenters. The van der Waals surface area contributed by atoms with Crippen molar-refractivity contribution in [1.82, 2.24) is 0 Å². The zero-order chi connectivity index (χ0) is 12.0. The predicted molar refractivity (Wildman–Crippen MR) is 65.7 cm³/mol. The highest BCUT2D eigenvalue weighted by Crippen LogP contribution is 2.20. The summed E-state index contributed by atoms with van der Waals surface area (Å²) in [6, 6.07) is 7.32. The third kappa shape index (κ3) is 3.73. The van der Waals surface area contributed by atoms with Crippen molar-refractivity contribution >= 4 is 17.3 Å². The number of hydrogen-bond acceptors (Lipinski definition) is 3. The lowest BCUT2D eigenvalue weighted by atomic mass is 10.1. The molecule has 0 aliphatic heterocycles. The van der Waals surface area contributed by atoms with Crippen LogP contribution in [-0.4, -0.2) is 20.3 Å². The highest BCUT2D eigenvalue weighted by Gasteiger charge is 2.05. The summed E-state index contributed by atoms with van der Waals surface area (Å²) in [5.74, 6) is 0.385. The first kappa shape index (κ1) is 12.8. The van der Waals surface area contributed by atoms with Crippen molar-refractivity contribution in [3.63, 3.8) is 0 Å². The van der Waals surface area contributed by atoms with Crippen molar-refractivity contribution in [2.45, 2.75) is 6.92 Å². The molecule has 0 saturated heterocycles. The van der Waals surface area contributed by atoms with E-state index in [1.807, 2.05) is 0 Å². The lowest BCUT2D eigenvalue weighted by Crippen LogP contribution is -2.16. The molecule has 0 fully saturated rings. The summed E-state index contributed by atoms with van der Waals surface area (Å²) < 4.78 is 5.04. The molecule has 16 heavy (non-hydrogen) atoms. The van der Waals surface area contributed by atoms with Crippen molar-refractivity contribution in [1.29, 1.82) is 5.26 Å². The fourth-order valence-corrected chi connectivity index (χ4v) is 1.56. The van der Waals surface area contributed by atoms with E-state index in [1.54, 1.807) is 25.3 Å². The second-order valence-corrected chi connectivity index (χ2v) is 4.18. The third-order valence-corrected chi connectivity index (χ3v) is 2.43. The number of nitrogens with one attached hydrogen (secondary N) is 1. The van der Waals surface area contributed by atoms with Gasteiger partial charge in [0.1, 0.15) is 6.07 Å². The normalized spacial score (nSPS) is 11.9. The first-order valence-corrected chi connectivity index (χ1v) is 5.47. The van der Waals surface area contributed by atoms with Crippen molar-refractivity contribution in [2.75, 3.05) is 25.6 Å². The van der Waals surface area contributed by atoms with Crippen molar-refractivity contribution in [2.24, 2.45) is 5.92 Å². The molecule has 0 saturated carbocycles. The minimum Gasteiger partial charge on any atom is -0.384 e. The Labute approximate surface area is 101 Å². The first-order valence-electron chi connectivity index (χ1n) is 5.09. The van der Waals surface area contributed by atoms with E-state index in [4.69, 9.17) is 21.6 Å². The van der Waals surface area contributed by atoms with Gasteiger partial charge in [-0.15, -0.1) is 0 Å². The van der Waals surface area contributed by atoms with E-state index in [1.165, 1.54) is 0 Å². The summed E-state index contributed by atoms with van der Waals surface area (Å²) >= 11 is 5.88. The molecule has 0 aliphatic carbocycles. The first-order chi connectivity index (χ1) is 7.67. The maximum absolute atomic E-state index is 8.92. The average molecular weight is 239 g/mol. The number of nitrogens with zero attached hydrogens (tertiary/aromatic N) is 1. The Kier molecular flexibility index (Phi) is 5.10. The van der Waals surface area contributed by atoms with Crippen LogP contribution in [-0.2, 0) is 4.74 Å². The lowest BCUT2D eigenvalue weighted by molar-refractivity contribution is 0.164. The molecule has 1 N–H and O–H groups in total. The van der Waals surface area contributed by atoms with E-state index in [-0.39, 0.29) is 0 Å². The minimum atomic E-state index is 0.385. The van der Waals surface area contributed by atoms with Gasteiger partial charge in [-0.2, -0.15) is 5.26 Å². The molecule has 0 bridgehead atoms. The number of nitriles is 1. The fraction of sp³-hybridized carbons (Fsp3) is 0.417. The van der Waals surface area contributed by atoms with E-state index in [9.17, 15) is 0 Å². The van der Waals surface area contributed by atoms with Gasteiger partial charge in [-0.25, -0.2) is 0 Å². The van der Waals surface area contributed by atoms with Crippen LogP contribution in [0.1, 0.15) is 12.5 Å². The molecule has 0 radical (unpaired) electrons. The van der Waals surface area contributed by atoms with Crippen LogP contribution in [0.5, 0.6) is 0 Å². The maximum atomic E-state index is 8.92. The quantitative estimate of drug-likeness (QED) is 0.858. The van der Waals surface area contributed by atoms with Crippen LogP contribution < -0.4 is 5.32 Å². The van der Waals surface area contributed by atoms with E-state index in [0.717, 1.165) is 12.2 Å². The number of halogens is 1. The zero-order valence-electron chi connectivity index (χ0n) is 9.46. The number of benzene rings is 1. The van der Waals surface area contributed by atoms with Gasteiger partial charge in [0.15, 0.2) is 0 Å². The Balaban J connectivity index is 2.66. The lowest BCUT2D eigenvalue weighted by Gasteiger charge is -2.13. The number of ether oxygens (including phenoxy) is 1. The SMILES string of the molecule is COCC(C)CNc1cc(Cl)ccc1C#N. The zero-order valence-corrected chi connectivity index (χ0v) is 10.2. The van der Waals surface area contributed by atoms with Crippen molar-refractivity contribution < 1.29 is 4.74 Å². The average Bonchev–Trinajstić information content (AvgIpc) is 2.27. The van der Waals surface area contributed by atoms with Gasteiger partial charge in [0, 0.05) is 18.7 Å². The highest BCUT2D eigenvalue weighted by molar-refractivity contribution is 6.30. The van der Waals surface area contributed by atoms with Crippen LogP contribution in [0.2, 0.25) is 5.02 Å². The van der Waals surface area contributed by atoms with Crippen LogP contribution in [0, 0.1) is 17.2 Å². The topological polar surface area (TPSA) is 45.0 Å². The molecule has 3 nitrogen and oxygen atoms in total. The predicted octanol–water partition coefficient (Wildman–Crippen LogP) is 2.91. The number of methoxy groups -OCH3 is 1. The van der Waals surface area contributed by atoms with Crippen LogP contribution >= 0.6 is 11.6 Å². The largest absolute Gasteiger partial charge is 0.384 e. The van der Waals surface area contributed by atoms with Gasteiger partial charge in [0.2, 0.25) is 0 Å². The van der Waals surface area contributed by atoms with Gasteiger partial charge >= 0.3 is 0 Å². The molecule has 0 aliphatic rings. The van der Waals surface area contributed by atoms with E-state index in [2.05, 4.69) is 18.3 Å². The van der Waals surface area contributed by atoms with Gasteiger partial charge in [0.05, 0.1) is 17.9 Å². The van der Waals surface area contributed by atoms with E-state index < -0.39 is 0 Å². The molecule has 4 heteroatoms. The van der Waals surface area contributed by atoms with Crippen LogP contribution in [0.3, 0.4) is 0 Å². The molecule has 1 unspecified atom stereocenters. The summed E-state index contributed by atoms with van der Waals surface area (Å²) in [6.07, 6.45) is 0. The monoisotopic (exact) mass is 238 g/mol. The molecule has 1 rings (SSSR count). The fourth-order valence-electron chi connectivity index (χ4n) is 1.39. The van der Waals surface area contributed by atoms with E-state index >= 15 is 0 Å². The van der Waals surface area contributed by atoms with E-state index in [0.29, 0.717) is 23.1 Å². The molecule has 1 aromatic carbocycles. The van der Waals surface area contributed by atoms with Gasteiger partial charge in [-0.3, -0.25) is 0 Å². The van der Waals surface area contributed by atoms with Gasteiger partial charge < -0.3 is 10.1 Å². The Morgan fingerprint density at radius 2 is 2.31 bits per heavy atom. The number of anilines is 1. The number of hydrogen-bond donors (Lipinski definition) is 1. The molecular weight excluding hydrogens is 224 g/mol. The summed E-state index contributed by atoms with van der Waals surface area (Å²) in [4.78, 5) is 0. The summed E-state index contributed by atoms with van der Waals surface area (Å²) in [5.41, 5.74) is 1.38. The molecule has 0 aromatic heterocycles. The van der Waals surface area contributed by atoms with Crippen molar-refractivity contribution in [3.05, 3.63) is 28.8 Å². The maximum Gasteiger partial charge on any atom is 0.101 e. The summed E-state index contributed by atoms with van der Waals surface area (Å²) in [7, 11) is 1.68. The number of rotatable bonds is 5. The second kappa shape index (κ2) is 6.37. The molecular formula is C12H15ClN2O. The van der Waals surface area contributed by atoms with Gasteiger partial charge in [-0.1, -0.05) is 18.5 Å². The van der Waals surface area contributed by atoms with Crippen LogP contribution in [0.25, 0.3) is 0 Å². The second-order valence-electron chi connectivity index (χ2n) is 3.74. The Bertz CT molecular complexity index is 387. The summed E-state index contributed by atoms with van der Waals surface area (Å²) in [5, 5.41) is 12.7. The summed E-state index contributed by atoms with van der Waals surface area (Å²) in [6.45, 7) is 3.52. The Hall–Kier alpha value is -1.24. The smallest absolute Gasteiger partial charge is 0.101 e. The Morgan fingerprint density at radius 1 is 1.56 bits per heavy atom. The molecule has 1 aromatic rings. The van der Waals surface area contributed by atoms with Crippen LogP contribution in [0.4, 0.5) is 5.69 Å². The van der Waals surface area contributed by atoms with Gasteiger partial charge in [0.25, 0.3) is 0 Å². The molecule has 86 valence electrons. The molecule has 0 spiro atoms. The standard InChI is InChI=1S/C12H15ClN2O/c1-9(8-16-2)7-15-12-5-11(13)4-3-10(12)6-14/h3-5,9,15H,7-8H2,1-2H3. The minimum absolute atomic E-state index is 0.385. The molecule has 0 heterocycles. The Morgan fingerprint density at radius 3 is 2.94 bits per heavy atom. The highest BCUT2D eigenvalue weighted by atomic mass is 35.5.